The average Bonchev–Trinajstić information content (AvgIpc) is 3.22. The van der Waals surface area contributed by atoms with Crippen molar-refractivity contribution in [2.24, 2.45) is 5.73 Å². The molecule has 5 rings (SSSR count). The van der Waals surface area contributed by atoms with Crippen molar-refractivity contribution in [1.29, 1.82) is 0 Å². The van der Waals surface area contributed by atoms with E-state index in [1.54, 1.807) is 6.33 Å². The van der Waals surface area contributed by atoms with Gasteiger partial charge >= 0.3 is 0 Å². The molecule has 0 atom stereocenters. The van der Waals surface area contributed by atoms with Crippen molar-refractivity contribution in [3.63, 3.8) is 0 Å². The van der Waals surface area contributed by atoms with Crippen molar-refractivity contribution in [1.82, 2.24) is 14.8 Å². The number of nitrogens with two attached hydrogens (primary N) is 1. The molecule has 0 spiro atoms. The van der Waals surface area contributed by atoms with E-state index in [2.05, 4.69) is 35.4 Å². The lowest BCUT2D eigenvalue weighted by Crippen LogP contribution is -2.19. The lowest BCUT2D eigenvalue weighted by molar-refractivity contribution is -0.511. The van der Waals surface area contributed by atoms with E-state index in [9.17, 15) is 5.11 Å². The number of aliphatic hydroxyl groups is 1. The Morgan fingerprint density at radius 2 is 1.77 bits per heavy atom. The van der Waals surface area contributed by atoms with Crippen LogP contribution in [0.15, 0.2) is 79.3 Å². The van der Waals surface area contributed by atoms with E-state index in [0.29, 0.717) is 13.1 Å². The minimum Gasteiger partial charge on any atom is -0.393 e. The molecular formula is C24H22N5O+. The molecule has 2 aromatic carbocycles. The van der Waals surface area contributed by atoms with Gasteiger partial charge in [-0.25, -0.2) is 9.38 Å². The zero-order valence-electron chi connectivity index (χ0n) is 16.4. The summed E-state index contributed by atoms with van der Waals surface area (Å²) in [6, 6.07) is 22.7. The van der Waals surface area contributed by atoms with E-state index in [4.69, 9.17) is 10.7 Å². The van der Waals surface area contributed by atoms with Gasteiger partial charge in [0.05, 0.1) is 29.4 Å². The fraction of sp³-hybridized carbons (Fsp3) is 0.125. The molecule has 0 saturated carbocycles. The third kappa shape index (κ3) is 3.12. The summed E-state index contributed by atoms with van der Waals surface area (Å²) < 4.78 is 3.78. The van der Waals surface area contributed by atoms with Gasteiger partial charge in [-0.1, -0.05) is 54.6 Å². The predicted octanol–water partition coefficient (Wildman–Crippen LogP) is 2.96. The fourth-order valence-electron chi connectivity index (χ4n) is 3.85. The van der Waals surface area contributed by atoms with Gasteiger partial charge in [-0.3, -0.25) is 0 Å². The number of hydrogen-bond donors (Lipinski definition) is 2. The normalized spacial score (nSPS) is 11.4. The first-order chi connectivity index (χ1) is 14.8. The molecule has 0 saturated heterocycles. The topological polar surface area (TPSA) is 81.1 Å². The van der Waals surface area contributed by atoms with Crippen molar-refractivity contribution in [3.8, 4) is 22.4 Å². The van der Waals surface area contributed by atoms with E-state index >= 15 is 0 Å². The molecule has 0 fully saturated rings. The van der Waals surface area contributed by atoms with Crippen LogP contribution in [0.4, 0.5) is 0 Å². The number of nitrogens with zero attached hydrogens (tertiary/aromatic N) is 4. The Balaban J connectivity index is 1.82. The number of rotatable bonds is 5. The number of fused-ring (bicyclic) bond motifs is 3. The second-order valence-electron chi connectivity index (χ2n) is 7.21. The Labute approximate surface area is 173 Å². The van der Waals surface area contributed by atoms with Gasteiger partial charge in [-0.2, -0.15) is 0 Å². The summed E-state index contributed by atoms with van der Waals surface area (Å²) in [7, 11) is 0. The summed E-state index contributed by atoms with van der Waals surface area (Å²) in [6.45, 7) is 0.970. The summed E-state index contributed by atoms with van der Waals surface area (Å²) in [5.74, 6) is 0. The van der Waals surface area contributed by atoms with Crippen LogP contribution < -0.4 is 10.1 Å². The minimum absolute atomic E-state index is 0.0261. The monoisotopic (exact) mass is 396 g/mol. The van der Waals surface area contributed by atoms with Crippen LogP contribution in [0.1, 0.15) is 5.56 Å². The maximum absolute atomic E-state index is 9.44. The molecule has 3 heterocycles. The molecule has 0 amide bonds. The highest BCUT2D eigenvalue weighted by molar-refractivity contribution is 5.97. The number of aromatic nitrogens is 4. The first-order valence-electron chi connectivity index (χ1n) is 9.94. The van der Waals surface area contributed by atoms with E-state index in [1.165, 1.54) is 0 Å². The van der Waals surface area contributed by atoms with E-state index in [0.717, 1.165) is 44.5 Å². The summed E-state index contributed by atoms with van der Waals surface area (Å²) in [4.78, 5) is 5.06. The van der Waals surface area contributed by atoms with Crippen molar-refractivity contribution < 1.29 is 9.51 Å². The van der Waals surface area contributed by atoms with Gasteiger partial charge < -0.3 is 10.8 Å². The standard InChI is InChI=1S/C24H22N5O/c25-15-17-6-8-19(9-7-17)23-20(18-4-2-1-3-5-18)14-21-22(27-23)10-11-28-16-26-29(12-13-30)24(21)28/h1-11,14,16,30H,12-13,15,25H2/q+1. The second kappa shape index (κ2) is 7.67. The molecule has 0 unspecified atom stereocenters. The van der Waals surface area contributed by atoms with Gasteiger partial charge in [0.1, 0.15) is 6.54 Å². The SMILES string of the molecule is NCc1ccc(-c2nc3cc[n+]4cnn(CCO)c4c3cc2-c2ccccc2)cc1. The number of hydrogen-bond acceptors (Lipinski definition) is 4. The molecule has 148 valence electrons. The molecule has 0 aliphatic rings. The first kappa shape index (κ1) is 18.4. The van der Waals surface area contributed by atoms with Gasteiger partial charge in [0.25, 0.3) is 12.0 Å². The highest BCUT2D eigenvalue weighted by Gasteiger charge is 2.19. The molecule has 6 nitrogen and oxygen atoms in total. The van der Waals surface area contributed by atoms with Crippen LogP contribution in [0.5, 0.6) is 0 Å². The Kier molecular flexibility index (Phi) is 4.71. The molecule has 30 heavy (non-hydrogen) atoms. The zero-order valence-corrected chi connectivity index (χ0v) is 16.4. The largest absolute Gasteiger partial charge is 0.393 e. The van der Waals surface area contributed by atoms with Crippen molar-refractivity contribution in [2.75, 3.05) is 6.61 Å². The zero-order chi connectivity index (χ0) is 20.5. The van der Waals surface area contributed by atoms with E-state index in [1.807, 2.05) is 51.7 Å². The van der Waals surface area contributed by atoms with Crippen molar-refractivity contribution >= 4 is 16.6 Å². The molecule has 3 N–H and O–H groups in total. The van der Waals surface area contributed by atoms with E-state index in [-0.39, 0.29) is 6.61 Å². The molecule has 5 aromatic rings. The van der Waals surface area contributed by atoms with Crippen LogP contribution in [-0.2, 0) is 13.1 Å². The quantitative estimate of drug-likeness (QED) is 0.448. The Morgan fingerprint density at radius 1 is 0.967 bits per heavy atom. The maximum atomic E-state index is 9.44. The molecule has 0 radical (unpaired) electrons. The van der Waals surface area contributed by atoms with Crippen LogP contribution in [-0.4, -0.2) is 26.5 Å². The molecule has 6 heteroatoms. The van der Waals surface area contributed by atoms with Gasteiger partial charge in [0.2, 0.25) is 0 Å². The summed E-state index contributed by atoms with van der Waals surface area (Å²) in [5, 5.41) is 14.9. The van der Waals surface area contributed by atoms with Crippen LogP contribution >= 0.6 is 0 Å². The van der Waals surface area contributed by atoms with Crippen molar-refractivity contribution in [2.45, 2.75) is 13.1 Å². The Bertz CT molecular complexity index is 1330. The van der Waals surface area contributed by atoms with E-state index < -0.39 is 0 Å². The Morgan fingerprint density at radius 3 is 2.50 bits per heavy atom. The van der Waals surface area contributed by atoms with Gasteiger partial charge in [-0.15, -0.1) is 4.68 Å². The third-order valence-corrected chi connectivity index (χ3v) is 5.35. The predicted molar refractivity (Wildman–Crippen MR) is 117 cm³/mol. The molecule has 0 aliphatic carbocycles. The molecule has 0 bridgehead atoms. The van der Waals surface area contributed by atoms with Gasteiger partial charge in [-0.05, 0) is 23.3 Å². The molecule has 3 aromatic heterocycles. The lowest BCUT2D eigenvalue weighted by Gasteiger charge is -2.12. The summed E-state index contributed by atoms with van der Waals surface area (Å²) in [5.41, 5.74) is 12.8. The van der Waals surface area contributed by atoms with Crippen LogP contribution in [0.3, 0.4) is 0 Å². The molecule has 0 aliphatic heterocycles. The summed E-state index contributed by atoms with van der Waals surface area (Å²) >= 11 is 0. The fourth-order valence-corrected chi connectivity index (χ4v) is 3.85. The summed E-state index contributed by atoms with van der Waals surface area (Å²) in [6.07, 6.45) is 3.71. The first-order valence-corrected chi connectivity index (χ1v) is 9.94. The van der Waals surface area contributed by atoms with Crippen LogP contribution in [0.25, 0.3) is 38.9 Å². The Hall–Kier alpha value is -3.61. The maximum Gasteiger partial charge on any atom is 0.274 e. The van der Waals surface area contributed by atoms with Gasteiger partial charge in [0, 0.05) is 22.8 Å². The van der Waals surface area contributed by atoms with Crippen LogP contribution in [0, 0.1) is 0 Å². The minimum atomic E-state index is 0.0261. The number of pyridine rings is 2. The van der Waals surface area contributed by atoms with Crippen molar-refractivity contribution in [3.05, 3.63) is 84.8 Å². The highest BCUT2D eigenvalue weighted by atomic mass is 16.3. The number of benzene rings is 2. The average molecular weight is 396 g/mol. The lowest BCUT2D eigenvalue weighted by atomic mass is 9.97. The highest BCUT2D eigenvalue weighted by Crippen LogP contribution is 2.34. The van der Waals surface area contributed by atoms with Gasteiger partial charge in [0.15, 0.2) is 0 Å². The second-order valence-corrected chi connectivity index (χ2v) is 7.21. The smallest absolute Gasteiger partial charge is 0.274 e. The number of aliphatic hydroxyl groups excluding tert-OH is 1. The third-order valence-electron chi connectivity index (χ3n) is 5.35. The van der Waals surface area contributed by atoms with Crippen LogP contribution in [0.2, 0.25) is 0 Å². The molecular weight excluding hydrogens is 374 g/mol.